The molecule has 248 valence electrons. The Bertz CT molecular complexity index is 1410. The molecule has 0 heterocycles. The summed E-state index contributed by atoms with van der Waals surface area (Å²) < 4.78 is 35.7. The summed E-state index contributed by atoms with van der Waals surface area (Å²) in [5.74, 6) is -1.30. The molecule has 0 aromatic heterocycles. The lowest BCUT2D eigenvalue weighted by Gasteiger charge is -2.71. The Labute approximate surface area is 269 Å². The first-order valence-corrected chi connectivity index (χ1v) is 17.0. The predicted octanol–water partition coefficient (Wildman–Crippen LogP) is 9.53. The number of hydrogen-bond acceptors (Lipinski definition) is 3. The first kappa shape index (κ1) is 33.9. The molecule has 6 heteroatoms. The zero-order valence-corrected chi connectivity index (χ0v) is 28.6. The molecule has 1 aromatic rings. The van der Waals surface area contributed by atoms with Crippen molar-refractivity contribution < 1.29 is 28.5 Å². The van der Waals surface area contributed by atoms with Gasteiger partial charge in [-0.15, -0.1) is 0 Å². The van der Waals surface area contributed by atoms with E-state index >= 15 is 0 Å². The number of aliphatic carboxylic acids is 1. The van der Waals surface area contributed by atoms with E-state index in [2.05, 4.69) is 47.3 Å². The lowest BCUT2D eigenvalue weighted by molar-refractivity contribution is -0.233. The molecular weight excluding hydrogens is 570 g/mol. The fraction of sp³-hybridized carbons (Fsp3) is 0.667. The summed E-state index contributed by atoms with van der Waals surface area (Å²) in [7, 11) is 0. The summed E-state index contributed by atoms with van der Waals surface area (Å²) >= 11 is 0. The SMILES string of the molecule is C=C(C)OC1C[C@@]2(C)[C@@H](C[C@@H](O)[C@H]3[C@@]4(C)CC[C@@H](C)[C@](C)(c5cc(F)cc(F)c5)[C@H]4CC[C@@]32C)/C1=C(\CCC=C(C)C)C(=O)O. The van der Waals surface area contributed by atoms with Crippen LogP contribution >= 0.6 is 0 Å². The van der Waals surface area contributed by atoms with Crippen molar-refractivity contribution in [1.82, 2.24) is 0 Å². The molecule has 1 aromatic carbocycles. The lowest BCUT2D eigenvalue weighted by atomic mass is 9.34. The van der Waals surface area contributed by atoms with Crippen LogP contribution in [0.25, 0.3) is 0 Å². The van der Waals surface area contributed by atoms with Gasteiger partial charge in [-0.3, -0.25) is 0 Å². The molecule has 4 aliphatic rings. The van der Waals surface area contributed by atoms with Gasteiger partial charge in [-0.25, -0.2) is 13.6 Å². The van der Waals surface area contributed by atoms with Crippen LogP contribution in [0.3, 0.4) is 0 Å². The molecule has 1 unspecified atom stereocenters. The standard InChI is InChI=1S/C39H54F2O4/c1-22(2)11-10-12-28(35(43)44)33-29-20-30(42)34-36(6)15-13-24(5)39(9,25-17-26(40)19-27(41)18-25)32(36)14-16-37(34,7)38(29,8)21-31(33)45-23(3)4/h11,17-19,24,29-32,34,42H,3,10,12-16,20-21H2,1-2,4-9H3,(H,43,44)/b33-28-/t24-,29+,30-,31?,32+,34+,36+,37+,38+,39-/m1/s1. The number of rotatable bonds is 7. The average molecular weight is 625 g/mol. The number of fused-ring (bicyclic) bond motifs is 5. The molecule has 45 heavy (non-hydrogen) atoms. The molecule has 2 N–H and O–H groups in total. The van der Waals surface area contributed by atoms with Crippen molar-refractivity contribution in [2.24, 2.45) is 39.9 Å². The Hall–Kier alpha value is -2.47. The van der Waals surface area contributed by atoms with E-state index in [-0.39, 0.29) is 39.9 Å². The number of carboxylic acid groups (broad SMARTS) is 1. The zero-order valence-electron chi connectivity index (χ0n) is 28.6. The molecule has 0 amide bonds. The number of carboxylic acids is 1. The molecule has 10 atom stereocenters. The quantitative estimate of drug-likeness (QED) is 0.180. The molecular formula is C39H54F2O4. The number of hydrogen-bond donors (Lipinski definition) is 2. The average Bonchev–Trinajstić information content (AvgIpc) is 3.19. The third kappa shape index (κ3) is 5.22. The van der Waals surface area contributed by atoms with Crippen molar-refractivity contribution in [3.8, 4) is 0 Å². The maximum Gasteiger partial charge on any atom is 0.331 e. The number of halogens is 2. The van der Waals surface area contributed by atoms with Gasteiger partial charge in [-0.1, -0.05) is 52.8 Å². The minimum Gasteiger partial charge on any atom is -0.491 e. The molecule has 0 radical (unpaired) electrons. The van der Waals surface area contributed by atoms with Gasteiger partial charge < -0.3 is 14.9 Å². The van der Waals surface area contributed by atoms with Crippen LogP contribution in [-0.2, 0) is 14.9 Å². The summed E-state index contributed by atoms with van der Waals surface area (Å²) in [5, 5.41) is 22.9. The Morgan fingerprint density at radius 2 is 1.69 bits per heavy atom. The highest BCUT2D eigenvalue weighted by atomic mass is 19.1. The van der Waals surface area contributed by atoms with Gasteiger partial charge in [0, 0.05) is 11.6 Å². The maximum absolute atomic E-state index is 14.6. The monoisotopic (exact) mass is 624 g/mol. The smallest absolute Gasteiger partial charge is 0.331 e. The topological polar surface area (TPSA) is 66.8 Å². The molecule has 0 bridgehead atoms. The normalized spacial score (nSPS) is 41.8. The molecule has 4 aliphatic carbocycles. The molecule has 0 spiro atoms. The van der Waals surface area contributed by atoms with Gasteiger partial charge in [0.2, 0.25) is 0 Å². The molecule has 4 nitrogen and oxygen atoms in total. The molecule has 0 aliphatic heterocycles. The van der Waals surface area contributed by atoms with Gasteiger partial charge in [0.05, 0.1) is 11.9 Å². The second-order valence-electron chi connectivity index (χ2n) is 16.2. The molecule has 4 saturated carbocycles. The van der Waals surface area contributed by atoms with Crippen LogP contribution in [0.5, 0.6) is 0 Å². The minimum absolute atomic E-state index is 0.0565. The van der Waals surface area contributed by atoms with Crippen LogP contribution in [0.1, 0.15) is 112 Å². The summed E-state index contributed by atoms with van der Waals surface area (Å²) in [6.45, 7) is 21.2. The maximum atomic E-state index is 14.6. The fourth-order valence-electron chi connectivity index (χ4n) is 11.4. The Morgan fingerprint density at radius 1 is 1.04 bits per heavy atom. The fourth-order valence-corrected chi connectivity index (χ4v) is 11.4. The van der Waals surface area contributed by atoms with Crippen LogP contribution in [0.2, 0.25) is 0 Å². The van der Waals surface area contributed by atoms with Crippen molar-refractivity contribution in [2.45, 2.75) is 124 Å². The van der Waals surface area contributed by atoms with Crippen molar-refractivity contribution in [3.63, 3.8) is 0 Å². The van der Waals surface area contributed by atoms with Crippen molar-refractivity contribution >= 4 is 5.97 Å². The predicted molar refractivity (Wildman–Crippen MR) is 174 cm³/mol. The molecule has 5 rings (SSSR count). The van der Waals surface area contributed by atoms with Crippen molar-refractivity contribution in [1.29, 1.82) is 0 Å². The second-order valence-corrected chi connectivity index (χ2v) is 16.2. The van der Waals surface area contributed by atoms with Crippen LogP contribution in [0.4, 0.5) is 8.78 Å². The van der Waals surface area contributed by atoms with Crippen LogP contribution in [0.15, 0.2) is 53.3 Å². The van der Waals surface area contributed by atoms with E-state index in [1.165, 1.54) is 12.1 Å². The van der Waals surface area contributed by atoms with E-state index in [0.29, 0.717) is 42.6 Å². The summed E-state index contributed by atoms with van der Waals surface area (Å²) in [6.07, 6.45) is 6.77. The highest BCUT2D eigenvalue weighted by Crippen LogP contribution is 2.76. The van der Waals surface area contributed by atoms with Gasteiger partial charge >= 0.3 is 5.97 Å². The first-order chi connectivity index (χ1) is 20.9. The number of benzene rings is 1. The van der Waals surface area contributed by atoms with E-state index in [4.69, 9.17) is 4.74 Å². The van der Waals surface area contributed by atoms with Gasteiger partial charge in [0.15, 0.2) is 0 Å². The number of allylic oxidation sites excluding steroid dienone is 3. The van der Waals surface area contributed by atoms with E-state index < -0.39 is 35.2 Å². The van der Waals surface area contributed by atoms with E-state index in [1.54, 1.807) is 0 Å². The number of aliphatic hydroxyl groups excluding tert-OH is 1. The van der Waals surface area contributed by atoms with E-state index in [0.717, 1.165) is 42.9 Å². The van der Waals surface area contributed by atoms with Crippen LogP contribution in [0, 0.1) is 51.6 Å². The van der Waals surface area contributed by atoms with Gasteiger partial charge in [-0.05, 0) is 141 Å². The lowest BCUT2D eigenvalue weighted by Crippen LogP contribution is -2.67. The number of ether oxygens (including phenoxy) is 1. The van der Waals surface area contributed by atoms with Gasteiger partial charge in [0.1, 0.15) is 17.7 Å². The minimum atomic E-state index is -0.913. The highest BCUT2D eigenvalue weighted by Gasteiger charge is 2.72. The van der Waals surface area contributed by atoms with Gasteiger partial charge in [-0.2, -0.15) is 0 Å². The van der Waals surface area contributed by atoms with E-state index in [1.807, 2.05) is 20.8 Å². The number of carbonyl (C=O) groups is 1. The summed E-state index contributed by atoms with van der Waals surface area (Å²) in [6, 6.07) is 3.98. The third-order valence-electron chi connectivity index (χ3n) is 13.7. The molecule has 0 saturated heterocycles. The van der Waals surface area contributed by atoms with Crippen molar-refractivity contribution in [3.05, 3.63) is 70.5 Å². The van der Waals surface area contributed by atoms with Crippen LogP contribution < -0.4 is 0 Å². The summed E-state index contributed by atoms with van der Waals surface area (Å²) in [4.78, 5) is 12.9. The Balaban J connectivity index is 1.62. The van der Waals surface area contributed by atoms with Crippen LogP contribution in [-0.4, -0.2) is 28.4 Å². The first-order valence-electron chi connectivity index (χ1n) is 17.0. The van der Waals surface area contributed by atoms with Gasteiger partial charge in [0.25, 0.3) is 0 Å². The third-order valence-corrected chi connectivity index (χ3v) is 13.7. The number of aliphatic hydroxyl groups is 1. The Morgan fingerprint density at radius 3 is 2.27 bits per heavy atom. The zero-order chi connectivity index (χ0) is 33.3. The second kappa shape index (κ2) is 11.6. The largest absolute Gasteiger partial charge is 0.491 e. The Kier molecular flexibility index (Phi) is 8.77. The van der Waals surface area contributed by atoms with Crippen molar-refractivity contribution in [2.75, 3.05) is 0 Å². The van der Waals surface area contributed by atoms with E-state index in [9.17, 15) is 23.8 Å². The molecule has 4 fully saturated rings. The highest BCUT2D eigenvalue weighted by molar-refractivity contribution is 5.88. The summed E-state index contributed by atoms with van der Waals surface area (Å²) in [5.41, 5.74) is 1.75.